The Morgan fingerprint density at radius 2 is 2.21 bits per heavy atom. The Kier molecular flexibility index (Phi) is 2.37. The molecule has 14 heavy (non-hydrogen) atoms. The highest BCUT2D eigenvalue weighted by atomic mass is 16.3. The molecule has 0 radical (unpaired) electrons. The molecule has 0 bridgehead atoms. The number of benzene rings is 1. The number of hydrogen-bond acceptors (Lipinski definition) is 3. The molecule has 0 unspecified atom stereocenters. The van der Waals surface area contributed by atoms with E-state index in [1.807, 2.05) is 6.07 Å². The Bertz CT molecular complexity index is 437. The minimum Gasteiger partial charge on any atom is -0.508 e. The summed E-state index contributed by atoms with van der Waals surface area (Å²) in [6.07, 6.45) is 3.02. The maximum absolute atomic E-state index is 9.62. The molecule has 0 saturated carbocycles. The van der Waals surface area contributed by atoms with Gasteiger partial charge in [-0.15, -0.1) is 0 Å². The van der Waals surface area contributed by atoms with E-state index < -0.39 is 0 Å². The third-order valence-corrected chi connectivity index (χ3v) is 2.29. The minimum absolute atomic E-state index is 0.129. The molecular formula is C10H12N2O2. The van der Waals surface area contributed by atoms with Crippen LogP contribution in [-0.2, 0) is 6.42 Å². The van der Waals surface area contributed by atoms with Crippen LogP contribution in [0.1, 0.15) is 12.0 Å². The van der Waals surface area contributed by atoms with Gasteiger partial charge < -0.3 is 10.2 Å². The molecule has 0 aliphatic rings. The van der Waals surface area contributed by atoms with Crippen molar-refractivity contribution >= 4 is 10.9 Å². The molecule has 2 rings (SSSR count). The number of rotatable bonds is 3. The van der Waals surface area contributed by atoms with Gasteiger partial charge in [-0.05, 0) is 25.0 Å². The van der Waals surface area contributed by atoms with Crippen LogP contribution in [0.25, 0.3) is 10.9 Å². The number of nitrogens with one attached hydrogen (secondary N) is 1. The number of fused-ring (bicyclic) bond motifs is 1. The maximum atomic E-state index is 9.62. The highest BCUT2D eigenvalue weighted by Gasteiger charge is 2.07. The monoisotopic (exact) mass is 192 g/mol. The van der Waals surface area contributed by atoms with Crippen LogP contribution in [0, 0.1) is 0 Å². The molecule has 1 heterocycles. The van der Waals surface area contributed by atoms with E-state index in [1.54, 1.807) is 12.3 Å². The van der Waals surface area contributed by atoms with E-state index in [0.29, 0.717) is 12.8 Å². The lowest BCUT2D eigenvalue weighted by Gasteiger charge is -2.04. The Morgan fingerprint density at radius 3 is 3.00 bits per heavy atom. The Hall–Kier alpha value is -1.55. The first-order valence-electron chi connectivity index (χ1n) is 4.57. The van der Waals surface area contributed by atoms with Gasteiger partial charge in [-0.3, -0.25) is 5.10 Å². The summed E-state index contributed by atoms with van der Waals surface area (Å²) in [7, 11) is 0. The molecule has 4 heteroatoms. The number of H-pyrrole nitrogens is 1. The van der Waals surface area contributed by atoms with Gasteiger partial charge >= 0.3 is 0 Å². The summed E-state index contributed by atoms with van der Waals surface area (Å²) in [6.45, 7) is 0.129. The third kappa shape index (κ3) is 1.44. The first kappa shape index (κ1) is 9.02. The standard InChI is InChI=1S/C10H12N2O2/c13-5-1-2-8-9(14)4-3-7-6-11-12-10(7)8/h3-4,6,13-14H,1-2,5H2,(H,11,12). The number of phenolic OH excluding ortho intramolecular Hbond substituents is 1. The highest BCUT2D eigenvalue weighted by Crippen LogP contribution is 2.26. The number of aromatic nitrogens is 2. The number of phenols is 1. The van der Waals surface area contributed by atoms with Gasteiger partial charge in [0.25, 0.3) is 0 Å². The SMILES string of the molecule is OCCCc1c(O)ccc2cn[nH]c12. The second-order valence-electron chi connectivity index (χ2n) is 3.22. The zero-order chi connectivity index (χ0) is 9.97. The van der Waals surface area contributed by atoms with E-state index in [-0.39, 0.29) is 12.4 Å². The van der Waals surface area contributed by atoms with E-state index >= 15 is 0 Å². The lowest BCUT2D eigenvalue weighted by Crippen LogP contribution is -1.91. The zero-order valence-corrected chi connectivity index (χ0v) is 7.70. The summed E-state index contributed by atoms with van der Waals surface area (Å²) in [5.74, 6) is 0.259. The summed E-state index contributed by atoms with van der Waals surface area (Å²) in [5, 5.41) is 26.1. The molecule has 3 N–H and O–H groups in total. The molecule has 1 aromatic carbocycles. The molecule has 0 aliphatic carbocycles. The predicted octanol–water partition coefficient (Wildman–Crippen LogP) is 1.19. The molecule has 4 nitrogen and oxygen atoms in total. The average Bonchev–Trinajstić information content (AvgIpc) is 2.64. The molecule has 74 valence electrons. The quantitative estimate of drug-likeness (QED) is 0.684. The van der Waals surface area contributed by atoms with Crippen LogP contribution in [0.2, 0.25) is 0 Å². The van der Waals surface area contributed by atoms with Gasteiger partial charge in [-0.2, -0.15) is 5.10 Å². The summed E-state index contributed by atoms with van der Waals surface area (Å²) >= 11 is 0. The number of aryl methyl sites for hydroxylation is 1. The summed E-state index contributed by atoms with van der Waals surface area (Å²) in [4.78, 5) is 0. The van der Waals surface area contributed by atoms with Crippen molar-refractivity contribution in [2.24, 2.45) is 0 Å². The van der Waals surface area contributed by atoms with Crippen molar-refractivity contribution in [3.63, 3.8) is 0 Å². The van der Waals surface area contributed by atoms with Crippen LogP contribution >= 0.6 is 0 Å². The third-order valence-electron chi connectivity index (χ3n) is 2.29. The van der Waals surface area contributed by atoms with E-state index in [1.165, 1.54) is 0 Å². The maximum Gasteiger partial charge on any atom is 0.120 e. The van der Waals surface area contributed by atoms with E-state index in [9.17, 15) is 5.11 Å². The Morgan fingerprint density at radius 1 is 1.36 bits per heavy atom. The van der Waals surface area contributed by atoms with Crippen molar-refractivity contribution in [1.82, 2.24) is 10.2 Å². The molecule has 2 aromatic rings. The first-order valence-corrected chi connectivity index (χ1v) is 4.57. The minimum atomic E-state index is 0.129. The number of aliphatic hydroxyl groups excluding tert-OH is 1. The number of aromatic amines is 1. The number of aliphatic hydroxyl groups is 1. The van der Waals surface area contributed by atoms with Crippen molar-refractivity contribution in [2.75, 3.05) is 6.61 Å². The van der Waals surface area contributed by atoms with Crippen molar-refractivity contribution in [2.45, 2.75) is 12.8 Å². The van der Waals surface area contributed by atoms with Crippen LogP contribution in [0.15, 0.2) is 18.3 Å². The Labute approximate surface area is 81.2 Å². The Balaban J connectivity index is 2.47. The van der Waals surface area contributed by atoms with Crippen molar-refractivity contribution < 1.29 is 10.2 Å². The molecule has 0 atom stereocenters. The van der Waals surface area contributed by atoms with Crippen molar-refractivity contribution in [3.8, 4) is 5.75 Å². The van der Waals surface area contributed by atoms with Crippen LogP contribution in [-0.4, -0.2) is 27.0 Å². The van der Waals surface area contributed by atoms with Gasteiger partial charge in [-0.25, -0.2) is 0 Å². The van der Waals surface area contributed by atoms with Crippen LogP contribution in [0.5, 0.6) is 5.75 Å². The summed E-state index contributed by atoms with van der Waals surface area (Å²) in [6, 6.07) is 3.47. The van der Waals surface area contributed by atoms with Gasteiger partial charge in [0.15, 0.2) is 0 Å². The lowest BCUT2D eigenvalue weighted by molar-refractivity contribution is 0.288. The van der Waals surface area contributed by atoms with Crippen molar-refractivity contribution in [1.29, 1.82) is 0 Å². The van der Waals surface area contributed by atoms with Crippen LogP contribution in [0.4, 0.5) is 0 Å². The zero-order valence-electron chi connectivity index (χ0n) is 7.70. The van der Waals surface area contributed by atoms with Gasteiger partial charge in [0.1, 0.15) is 5.75 Å². The van der Waals surface area contributed by atoms with Gasteiger partial charge in [0, 0.05) is 17.6 Å². The van der Waals surface area contributed by atoms with Crippen LogP contribution < -0.4 is 0 Å². The fourth-order valence-electron chi connectivity index (χ4n) is 1.57. The molecule has 1 aromatic heterocycles. The van der Waals surface area contributed by atoms with E-state index in [4.69, 9.17) is 5.11 Å². The van der Waals surface area contributed by atoms with Gasteiger partial charge in [-0.1, -0.05) is 0 Å². The van der Waals surface area contributed by atoms with Crippen molar-refractivity contribution in [3.05, 3.63) is 23.9 Å². The fraction of sp³-hybridized carbons (Fsp3) is 0.300. The first-order chi connectivity index (χ1) is 6.83. The number of aromatic hydroxyl groups is 1. The smallest absolute Gasteiger partial charge is 0.120 e. The summed E-state index contributed by atoms with van der Waals surface area (Å²) < 4.78 is 0. The normalized spacial score (nSPS) is 10.9. The van der Waals surface area contributed by atoms with Gasteiger partial charge in [0.2, 0.25) is 0 Å². The number of nitrogens with zero attached hydrogens (tertiary/aromatic N) is 1. The molecule has 0 spiro atoms. The second-order valence-corrected chi connectivity index (χ2v) is 3.22. The van der Waals surface area contributed by atoms with E-state index in [2.05, 4.69) is 10.2 Å². The molecular weight excluding hydrogens is 180 g/mol. The summed E-state index contributed by atoms with van der Waals surface area (Å²) in [5.41, 5.74) is 1.69. The molecule has 0 aliphatic heterocycles. The predicted molar refractivity (Wildman–Crippen MR) is 53.2 cm³/mol. The molecule has 0 amide bonds. The van der Waals surface area contributed by atoms with Gasteiger partial charge in [0.05, 0.1) is 11.7 Å². The molecule has 0 fully saturated rings. The fourth-order valence-corrected chi connectivity index (χ4v) is 1.57. The average molecular weight is 192 g/mol. The molecule has 0 saturated heterocycles. The lowest BCUT2D eigenvalue weighted by atomic mass is 10.1. The van der Waals surface area contributed by atoms with Crippen LogP contribution in [0.3, 0.4) is 0 Å². The number of hydrogen-bond donors (Lipinski definition) is 3. The largest absolute Gasteiger partial charge is 0.508 e. The topological polar surface area (TPSA) is 69.1 Å². The highest BCUT2D eigenvalue weighted by molar-refractivity contribution is 5.83. The second kappa shape index (κ2) is 3.67. The van der Waals surface area contributed by atoms with E-state index in [0.717, 1.165) is 16.5 Å².